The maximum absolute atomic E-state index is 13.4. The normalized spacial score (nSPS) is 14.8. The van der Waals surface area contributed by atoms with Crippen LogP contribution in [0, 0.1) is 13.8 Å². The number of rotatable bonds is 5. The lowest BCUT2D eigenvalue weighted by atomic mass is 9.88. The Morgan fingerprint density at radius 3 is 2.50 bits per heavy atom. The fourth-order valence-corrected chi connectivity index (χ4v) is 5.04. The summed E-state index contributed by atoms with van der Waals surface area (Å²) < 4.78 is 9.02. The molecule has 6 heteroatoms. The van der Waals surface area contributed by atoms with Crippen molar-refractivity contribution >= 4 is 17.1 Å². The predicted molar refractivity (Wildman–Crippen MR) is 137 cm³/mol. The van der Waals surface area contributed by atoms with Gasteiger partial charge in [0.15, 0.2) is 0 Å². The first-order valence-electron chi connectivity index (χ1n) is 12.0. The molecule has 2 aromatic carbocycles. The van der Waals surface area contributed by atoms with Crippen molar-refractivity contribution < 1.29 is 4.74 Å². The molecular weight excluding hydrogens is 424 g/mol. The molecule has 1 fully saturated rings. The standard InChI is InChI=1S/C28H30N4O2/c1-19-17-22(20(2)31(19)23-13-15-24(34-3)16-14-23)18-29-32-27(21-9-5-4-6-10-21)30-26-12-8-7-11-25(26)28(32)33/h7-8,11-18,21H,4-6,9-10H2,1-3H3. The van der Waals surface area contributed by atoms with Crippen LogP contribution >= 0.6 is 0 Å². The number of aryl methyl sites for hydroxylation is 1. The molecule has 2 aromatic heterocycles. The minimum absolute atomic E-state index is 0.105. The molecule has 0 amide bonds. The van der Waals surface area contributed by atoms with Gasteiger partial charge in [0.2, 0.25) is 0 Å². The Morgan fingerprint density at radius 2 is 1.76 bits per heavy atom. The van der Waals surface area contributed by atoms with E-state index in [1.165, 1.54) is 23.9 Å². The van der Waals surface area contributed by atoms with E-state index in [1.54, 1.807) is 13.3 Å². The SMILES string of the molecule is COc1ccc(-n2c(C)cc(C=Nn3c(C4CCCCC4)nc4ccccc4c3=O)c2C)cc1. The number of hydrogen-bond acceptors (Lipinski definition) is 4. The molecule has 34 heavy (non-hydrogen) atoms. The molecule has 4 aromatic rings. The van der Waals surface area contributed by atoms with Crippen molar-refractivity contribution in [3.8, 4) is 11.4 Å². The second kappa shape index (κ2) is 9.29. The molecule has 2 heterocycles. The van der Waals surface area contributed by atoms with E-state index in [-0.39, 0.29) is 11.5 Å². The molecular formula is C28H30N4O2. The highest BCUT2D eigenvalue weighted by atomic mass is 16.5. The van der Waals surface area contributed by atoms with Crippen molar-refractivity contribution in [2.75, 3.05) is 7.11 Å². The van der Waals surface area contributed by atoms with Crippen LogP contribution in [0.2, 0.25) is 0 Å². The highest BCUT2D eigenvalue weighted by Crippen LogP contribution is 2.32. The monoisotopic (exact) mass is 454 g/mol. The predicted octanol–water partition coefficient (Wildman–Crippen LogP) is 5.74. The molecule has 0 spiro atoms. The van der Waals surface area contributed by atoms with Gasteiger partial charge in [-0.05, 0) is 69.2 Å². The highest BCUT2D eigenvalue weighted by molar-refractivity contribution is 5.82. The van der Waals surface area contributed by atoms with E-state index in [0.29, 0.717) is 5.39 Å². The van der Waals surface area contributed by atoms with Gasteiger partial charge in [0.1, 0.15) is 11.6 Å². The summed E-state index contributed by atoms with van der Waals surface area (Å²) in [5.74, 6) is 1.87. The molecule has 174 valence electrons. The second-order valence-electron chi connectivity index (χ2n) is 9.04. The summed E-state index contributed by atoms with van der Waals surface area (Å²) in [7, 11) is 1.67. The Balaban J connectivity index is 1.58. The summed E-state index contributed by atoms with van der Waals surface area (Å²) in [5, 5.41) is 5.32. The van der Waals surface area contributed by atoms with Crippen molar-refractivity contribution in [3.63, 3.8) is 0 Å². The van der Waals surface area contributed by atoms with E-state index in [0.717, 1.165) is 52.6 Å². The van der Waals surface area contributed by atoms with Gasteiger partial charge in [0.25, 0.3) is 5.56 Å². The van der Waals surface area contributed by atoms with Crippen LogP contribution < -0.4 is 10.3 Å². The van der Waals surface area contributed by atoms with Crippen LogP contribution in [-0.4, -0.2) is 27.6 Å². The van der Waals surface area contributed by atoms with Gasteiger partial charge >= 0.3 is 0 Å². The van der Waals surface area contributed by atoms with Crippen molar-refractivity contribution in [2.24, 2.45) is 5.10 Å². The molecule has 1 aliphatic carbocycles. The van der Waals surface area contributed by atoms with Crippen molar-refractivity contribution in [2.45, 2.75) is 51.9 Å². The summed E-state index contributed by atoms with van der Waals surface area (Å²) in [4.78, 5) is 18.4. The van der Waals surface area contributed by atoms with Crippen LogP contribution in [0.4, 0.5) is 0 Å². The van der Waals surface area contributed by atoms with Crippen molar-refractivity contribution in [3.05, 3.63) is 87.7 Å². The molecule has 0 unspecified atom stereocenters. The molecule has 0 saturated heterocycles. The molecule has 0 bridgehead atoms. The second-order valence-corrected chi connectivity index (χ2v) is 9.04. The minimum Gasteiger partial charge on any atom is -0.497 e. The third kappa shape index (κ3) is 4.04. The number of fused-ring (bicyclic) bond motifs is 1. The zero-order valence-electron chi connectivity index (χ0n) is 20.0. The molecule has 1 saturated carbocycles. The average Bonchev–Trinajstić information content (AvgIpc) is 3.16. The van der Waals surface area contributed by atoms with E-state index in [4.69, 9.17) is 14.8 Å². The Bertz CT molecular complexity index is 1410. The number of methoxy groups -OCH3 is 1. The van der Waals surface area contributed by atoms with Gasteiger partial charge in [-0.15, -0.1) is 0 Å². The molecule has 0 aliphatic heterocycles. The Morgan fingerprint density at radius 1 is 1.03 bits per heavy atom. The van der Waals surface area contributed by atoms with E-state index >= 15 is 0 Å². The number of aromatic nitrogens is 3. The van der Waals surface area contributed by atoms with Gasteiger partial charge in [0, 0.05) is 28.6 Å². The first kappa shape index (κ1) is 22.1. The molecule has 1 aliphatic rings. The van der Waals surface area contributed by atoms with Crippen LogP contribution in [0.3, 0.4) is 0 Å². The topological polar surface area (TPSA) is 61.4 Å². The van der Waals surface area contributed by atoms with Gasteiger partial charge in [-0.1, -0.05) is 31.4 Å². The first-order chi connectivity index (χ1) is 16.6. The third-order valence-electron chi connectivity index (χ3n) is 6.86. The summed E-state index contributed by atoms with van der Waals surface area (Å²) >= 11 is 0. The fourth-order valence-electron chi connectivity index (χ4n) is 5.04. The quantitative estimate of drug-likeness (QED) is 0.361. The molecule has 0 N–H and O–H groups in total. The lowest BCUT2D eigenvalue weighted by molar-refractivity contribution is 0.414. The molecule has 0 atom stereocenters. The van der Waals surface area contributed by atoms with Gasteiger partial charge < -0.3 is 9.30 Å². The molecule has 5 rings (SSSR count). The van der Waals surface area contributed by atoms with Crippen molar-refractivity contribution in [1.82, 2.24) is 14.2 Å². The number of nitrogens with zero attached hydrogens (tertiary/aromatic N) is 4. The van der Waals surface area contributed by atoms with Crippen LogP contribution in [0.25, 0.3) is 16.6 Å². The zero-order chi connectivity index (χ0) is 23.7. The number of hydrogen-bond donors (Lipinski definition) is 0. The maximum atomic E-state index is 13.4. The average molecular weight is 455 g/mol. The lowest BCUT2D eigenvalue weighted by Crippen LogP contribution is -2.25. The van der Waals surface area contributed by atoms with Crippen LogP contribution in [-0.2, 0) is 0 Å². The van der Waals surface area contributed by atoms with E-state index in [9.17, 15) is 4.79 Å². The number of benzene rings is 2. The smallest absolute Gasteiger partial charge is 0.282 e. The van der Waals surface area contributed by atoms with Gasteiger partial charge in [0.05, 0.1) is 24.2 Å². The Hall–Kier alpha value is -3.67. The summed E-state index contributed by atoms with van der Waals surface area (Å²) in [6, 6.07) is 17.7. The van der Waals surface area contributed by atoms with Crippen LogP contribution in [0.1, 0.15) is 60.8 Å². The van der Waals surface area contributed by atoms with Gasteiger partial charge in [-0.2, -0.15) is 9.78 Å². The molecule has 0 radical (unpaired) electrons. The lowest BCUT2D eigenvalue weighted by Gasteiger charge is -2.22. The van der Waals surface area contributed by atoms with Crippen LogP contribution in [0.15, 0.2) is 64.5 Å². The summed E-state index contributed by atoms with van der Waals surface area (Å²) in [5.41, 5.74) is 4.84. The summed E-state index contributed by atoms with van der Waals surface area (Å²) in [6.07, 6.45) is 7.47. The largest absolute Gasteiger partial charge is 0.497 e. The number of para-hydroxylation sites is 1. The highest BCUT2D eigenvalue weighted by Gasteiger charge is 2.22. The Kier molecular flexibility index (Phi) is 6.05. The van der Waals surface area contributed by atoms with Gasteiger partial charge in [-0.25, -0.2) is 4.98 Å². The third-order valence-corrected chi connectivity index (χ3v) is 6.86. The molecule has 6 nitrogen and oxygen atoms in total. The first-order valence-corrected chi connectivity index (χ1v) is 12.0. The van der Waals surface area contributed by atoms with Gasteiger partial charge in [-0.3, -0.25) is 4.79 Å². The van der Waals surface area contributed by atoms with Crippen molar-refractivity contribution in [1.29, 1.82) is 0 Å². The van der Waals surface area contributed by atoms with E-state index in [1.807, 2.05) is 48.5 Å². The maximum Gasteiger partial charge on any atom is 0.282 e. The minimum atomic E-state index is -0.105. The van der Waals surface area contributed by atoms with Crippen LogP contribution in [0.5, 0.6) is 5.75 Å². The zero-order valence-corrected chi connectivity index (χ0v) is 20.0. The van der Waals surface area contributed by atoms with E-state index in [2.05, 4.69) is 24.5 Å². The Labute approximate surface area is 199 Å². The fraction of sp³-hybridized carbons (Fsp3) is 0.321. The number of ether oxygens (including phenoxy) is 1. The summed E-state index contributed by atoms with van der Waals surface area (Å²) in [6.45, 7) is 4.15. The van der Waals surface area contributed by atoms with E-state index < -0.39 is 0 Å².